The lowest BCUT2D eigenvalue weighted by atomic mass is 10.0. The first-order valence-corrected chi connectivity index (χ1v) is 12.2. The third kappa shape index (κ3) is 4.65. The minimum atomic E-state index is -3.78. The van der Waals surface area contributed by atoms with Crippen LogP contribution in [0.2, 0.25) is 0 Å². The van der Waals surface area contributed by atoms with E-state index in [0.29, 0.717) is 11.3 Å². The van der Waals surface area contributed by atoms with Crippen LogP contribution in [0.15, 0.2) is 70.5 Å². The highest BCUT2D eigenvalue weighted by Gasteiger charge is 2.18. The summed E-state index contributed by atoms with van der Waals surface area (Å²) in [5.41, 5.74) is 2.90. The van der Waals surface area contributed by atoms with Crippen LogP contribution >= 0.6 is 0 Å². The Balaban J connectivity index is 1.90. The van der Waals surface area contributed by atoms with Crippen molar-refractivity contribution in [2.45, 2.75) is 30.6 Å². The highest BCUT2D eigenvalue weighted by molar-refractivity contribution is 7.92. The molecule has 0 saturated carbocycles. The van der Waals surface area contributed by atoms with Crippen molar-refractivity contribution >= 4 is 25.7 Å². The van der Waals surface area contributed by atoms with Gasteiger partial charge in [-0.2, -0.15) is 0 Å². The van der Waals surface area contributed by atoms with Crippen LogP contribution in [0.25, 0.3) is 11.1 Å². The second kappa shape index (κ2) is 7.96. The molecule has 1 heterocycles. The normalized spacial score (nSPS) is 12.0. The van der Waals surface area contributed by atoms with Crippen LogP contribution in [0.1, 0.15) is 18.2 Å². The Kier molecular flexibility index (Phi) is 5.77. The molecule has 0 fully saturated rings. The van der Waals surface area contributed by atoms with E-state index in [0.717, 1.165) is 11.1 Å². The number of benzene rings is 2. The van der Waals surface area contributed by atoms with Crippen molar-refractivity contribution in [3.8, 4) is 11.1 Å². The van der Waals surface area contributed by atoms with Crippen molar-refractivity contribution in [1.29, 1.82) is 0 Å². The zero-order chi connectivity index (χ0) is 21.2. The van der Waals surface area contributed by atoms with Gasteiger partial charge in [0.2, 0.25) is 0 Å². The van der Waals surface area contributed by atoms with Crippen molar-refractivity contribution in [2.75, 3.05) is 10.5 Å². The number of aromatic nitrogens is 1. The number of hydrogen-bond donors (Lipinski definition) is 1. The van der Waals surface area contributed by atoms with Crippen LogP contribution in [0.4, 0.5) is 5.82 Å². The first-order chi connectivity index (χ1) is 13.6. The van der Waals surface area contributed by atoms with Gasteiger partial charge in [0.1, 0.15) is 5.82 Å². The zero-order valence-electron chi connectivity index (χ0n) is 16.4. The SMILES string of the molecule is CCS(=O)(=O)c1ccc(-c2ccc(S(=O)(=O)Nc3cccc(C)n3)c(C)c2)cc1. The number of sulfone groups is 1. The Labute approximate surface area is 171 Å². The van der Waals surface area contributed by atoms with Gasteiger partial charge in [0, 0.05) is 5.69 Å². The van der Waals surface area contributed by atoms with E-state index < -0.39 is 19.9 Å². The maximum absolute atomic E-state index is 12.8. The quantitative estimate of drug-likeness (QED) is 0.639. The van der Waals surface area contributed by atoms with Crippen LogP contribution in [0.3, 0.4) is 0 Å². The molecule has 0 aliphatic carbocycles. The molecule has 29 heavy (non-hydrogen) atoms. The fourth-order valence-corrected chi connectivity index (χ4v) is 5.06. The lowest BCUT2D eigenvalue weighted by Gasteiger charge is -2.12. The van der Waals surface area contributed by atoms with Crippen LogP contribution in [-0.4, -0.2) is 27.6 Å². The summed E-state index contributed by atoms with van der Waals surface area (Å²) in [6.07, 6.45) is 0. The van der Waals surface area contributed by atoms with Gasteiger partial charge < -0.3 is 0 Å². The van der Waals surface area contributed by atoms with E-state index in [4.69, 9.17) is 0 Å². The Morgan fingerprint density at radius 1 is 0.862 bits per heavy atom. The molecule has 1 aromatic heterocycles. The fourth-order valence-electron chi connectivity index (χ4n) is 2.94. The molecule has 0 saturated heterocycles. The molecule has 0 aliphatic rings. The molecule has 6 nitrogen and oxygen atoms in total. The predicted octanol–water partition coefficient (Wildman–Crippen LogP) is 3.96. The molecule has 0 radical (unpaired) electrons. The molecule has 0 amide bonds. The summed E-state index contributed by atoms with van der Waals surface area (Å²) in [7, 11) is -7.04. The topological polar surface area (TPSA) is 93.2 Å². The van der Waals surface area contributed by atoms with Crippen molar-refractivity contribution in [3.05, 3.63) is 71.9 Å². The summed E-state index contributed by atoms with van der Waals surface area (Å²) in [5, 5.41) is 0. The highest BCUT2D eigenvalue weighted by Crippen LogP contribution is 2.27. The van der Waals surface area contributed by atoms with E-state index in [2.05, 4.69) is 9.71 Å². The lowest BCUT2D eigenvalue weighted by Crippen LogP contribution is -2.15. The molecule has 8 heteroatoms. The first kappa shape index (κ1) is 21.0. The van der Waals surface area contributed by atoms with Gasteiger partial charge in [0.15, 0.2) is 9.84 Å². The summed E-state index contributed by atoms with van der Waals surface area (Å²) in [6.45, 7) is 5.11. The van der Waals surface area contributed by atoms with Gasteiger partial charge in [-0.25, -0.2) is 21.8 Å². The maximum Gasteiger partial charge on any atom is 0.263 e. The number of anilines is 1. The standard InChI is InChI=1S/C21H22N2O4S2/c1-4-28(24,25)19-11-8-17(9-12-19)18-10-13-20(15(2)14-18)29(26,27)23-21-7-5-6-16(3)22-21/h5-14H,4H2,1-3H3,(H,22,23). The molecule has 2 aromatic carbocycles. The second-order valence-electron chi connectivity index (χ2n) is 6.68. The lowest BCUT2D eigenvalue weighted by molar-refractivity contribution is 0.596. The predicted molar refractivity (Wildman–Crippen MR) is 114 cm³/mol. The Hall–Kier alpha value is -2.71. The van der Waals surface area contributed by atoms with E-state index in [1.807, 2.05) is 0 Å². The third-order valence-corrected chi connectivity index (χ3v) is 7.78. The number of aryl methyl sites for hydroxylation is 2. The van der Waals surface area contributed by atoms with E-state index in [1.54, 1.807) is 81.4 Å². The van der Waals surface area contributed by atoms with Gasteiger partial charge in [-0.05, 0) is 60.9 Å². The monoisotopic (exact) mass is 430 g/mol. The smallest absolute Gasteiger partial charge is 0.263 e. The Bertz CT molecular complexity index is 1250. The van der Waals surface area contributed by atoms with Crippen LogP contribution < -0.4 is 4.72 Å². The number of nitrogens with zero attached hydrogens (tertiary/aromatic N) is 1. The molecule has 152 valence electrons. The average molecular weight is 431 g/mol. The summed E-state index contributed by atoms with van der Waals surface area (Å²) in [4.78, 5) is 4.61. The summed E-state index contributed by atoms with van der Waals surface area (Å²) in [6, 6.07) is 16.7. The van der Waals surface area contributed by atoms with E-state index in [9.17, 15) is 16.8 Å². The van der Waals surface area contributed by atoms with E-state index in [-0.39, 0.29) is 21.4 Å². The van der Waals surface area contributed by atoms with Crippen molar-refractivity contribution in [1.82, 2.24) is 4.98 Å². The van der Waals surface area contributed by atoms with Gasteiger partial charge in [-0.1, -0.05) is 37.3 Å². The van der Waals surface area contributed by atoms with E-state index in [1.165, 1.54) is 0 Å². The molecular weight excluding hydrogens is 408 g/mol. The molecule has 0 aliphatic heterocycles. The summed E-state index contributed by atoms with van der Waals surface area (Å²) in [5.74, 6) is 0.307. The number of nitrogens with one attached hydrogen (secondary N) is 1. The molecule has 3 aromatic rings. The first-order valence-electron chi connectivity index (χ1n) is 9.03. The molecule has 0 spiro atoms. The van der Waals surface area contributed by atoms with Gasteiger partial charge in [-0.3, -0.25) is 4.72 Å². The third-order valence-electron chi connectivity index (χ3n) is 4.52. The Morgan fingerprint density at radius 2 is 1.52 bits per heavy atom. The van der Waals surface area contributed by atoms with Gasteiger partial charge in [-0.15, -0.1) is 0 Å². The van der Waals surface area contributed by atoms with Gasteiger partial charge in [0.05, 0.1) is 15.5 Å². The van der Waals surface area contributed by atoms with Crippen molar-refractivity contribution in [2.24, 2.45) is 0 Å². The molecule has 0 atom stereocenters. The average Bonchev–Trinajstić information content (AvgIpc) is 2.67. The van der Waals surface area contributed by atoms with Gasteiger partial charge in [0.25, 0.3) is 10.0 Å². The van der Waals surface area contributed by atoms with Crippen LogP contribution in [0, 0.1) is 13.8 Å². The summed E-state index contributed by atoms with van der Waals surface area (Å²) >= 11 is 0. The largest absolute Gasteiger partial charge is 0.263 e. The Morgan fingerprint density at radius 3 is 2.10 bits per heavy atom. The molecule has 3 rings (SSSR count). The van der Waals surface area contributed by atoms with E-state index >= 15 is 0 Å². The second-order valence-corrected chi connectivity index (χ2v) is 10.6. The fraction of sp³-hybridized carbons (Fsp3) is 0.190. The molecule has 0 unspecified atom stereocenters. The maximum atomic E-state index is 12.8. The molecule has 1 N–H and O–H groups in total. The molecule has 0 bridgehead atoms. The van der Waals surface area contributed by atoms with Crippen LogP contribution in [0.5, 0.6) is 0 Å². The number of pyridine rings is 1. The zero-order valence-corrected chi connectivity index (χ0v) is 18.0. The summed E-state index contributed by atoms with van der Waals surface area (Å²) < 4.78 is 51.9. The van der Waals surface area contributed by atoms with Crippen molar-refractivity contribution in [3.63, 3.8) is 0 Å². The minimum absolute atomic E-state index is 0.0425. The van der Waals surface area contributed by atoms with Crippen molar-refractivity contribution < 1.29 is 16.8 Å². The number of sulfonamides is 1. The number of rotatable bonds is 6. The molecular formula is C21H22N2O4S2. The van der Waals surface area contributed by atoms with Crippen LogP contribution in [-0.2, 0) is 19.9 Å². The highest BCUT2D eigenvalue weighted by atomic mass is 32.2. The number of hydrogen-bond acceptors (Lipinski definition) is 5. The minimum Gasteiger partial charge on any atom is -0.263 e. The van der Waals surface area contributed by atoms with Gasteiger partial charge >= 0.3 is 0 Å².